The topological polar surface area (TPSA) is 51.5 Å². The molecule has 4 aromatic rings. The molecule has 27 heavy (non-hydrogen) atoms. The van der Waals surface area contributed by atoms with E-state index < -0.39 is 12.6 Å². The van der Waals surface area contributed by atoms with Gasteiger partial charge in [0.15, 0.2) is 6.61 Å². The summed E-state index contributed by atoms with van der Waals surface area (Å²) in [5.41, 5.74) is 3.34. The SMILES string of the molecule is Cc1cccc2c1c1c(OCC(=O)O)ccc(F)c1n2Cc1ccccc1. The van der Waals surface area contributed by atoms with Crippen LogP contribution in [0.25, 0.3) is 21.8 Å². The normalized spacial score (nSPS) is 11.2. The second-order valence-electron chi connectivity index (χ2n) is 6.49. The van der Waals surface area contributed by atoms with Crippen LogP contribution in [0.3, 0.4) is 0 Å². The van der Waals surface area contributed by atoms with Crippen LogP contribution in [0.5, 0.6) is 5.75 Å². The second kappa shape index (κ2) is 6.76. The summed E-state index contributed by atoms with van der Waals surface area (Å²) in [4.78, 5) is 10.9. The van der Waals surface area contributed by atoms with E-state index in [0.29, 0.717) is 23.2 Å². The van der Waals surface area contributed by atoms with E-state index in [1.165, 1.54) is 12.1 Å². The number of aryl methyl sites for hydroxylation is 1. The molecule has 4 rings (SSSR count). The first-order chi connectivity index (χ1) is 13.1. The molecule has 0 fully saturated rings. The van der Waals surface area contributed by atoms with E-state index in [1.54, 1.807) is 0 Å². The van der Waals surface area contributed by atoms with Gasteiger partial charge in [0.2, 0.25) is 0 Å². The quantitative estimate of drug-likeness (QED) is 0.556. The third kappa shape index (κ3) is 3.01. The summed E-state index contributed by atoms with van der Waals surface area (Å²) in [5.74, 6) is -1.06. The van der Waals surface area contributed by atoms with Crippen molar-refractivity contribution in [2.75, 3.05) is 6.61 Å². The van der Waals surface area contributed by atoms with Crippen LogP contribution in [0.1, 0.15) is 11.1 Å². The Morgan fingerprint density at radius 1 is 1.04 bits per heavy atom. The minimum atomic E-state index is -1.07. The fourth-order valence-corrected chi connectivity index (χ4v) is 3.57. The molecule has 136 valence electrons. The van der Waals surface area contributed by atoms with Crippen LogP contribution in [0.15, 0.2) is 60.7 Å². The Kier molecular flexibility index (Phi) is 4.28. The van der Waals surface area contributed by atoms with Gasteiger partial charge in [0, 0.05) is 17.4 Å². The minimum Gasteiger partial charge on any atom is -0.481 e. The van der Waals surface area contributed by atoms with Crippen LogP contribution in [-0.2, 0) is 11.3 Å². The molecule has 0 saturated carbocycles. The Balaban J connectivity index is 2.03. The van der Waals surface area contributed by atoms with Gasteiger partial charge in [-0.05, 0) is 36.2 Å². The van der Waals surface area contributed by atoms with E-state index in [4.69, 9.17) is 9.84 Å². The lowest BCUT2D eigenvalue weighted by Gasteiger charge is -2.10. The maximum atomic E-state index is 14.9. The smallest absolute Gasteiger partial charge is 0.341 e. The molecule has 4 nitrogen and oxygen atoms in total. The Bertz CT molecular complexity index is 1150. The highest BCUT2D eigenvalue weighted by molar-refractivity contribution is 6.13. The third-order valence-electron chi connectivity index (χ3n) is 4.69. The fraction of sp³-hybridized carbons (Fsp3) is 0.136. The molecule has 0 amide bonds. The number of halogens is 1. The Morgan fingerprint density at radius 3 is 2.56 bits per heavy atom. The summed E-state index contributed by atoms with van der Waals surface area (Å²) in [6.07, 6.45) is 0. The van der Waals surface area contributed by atoms with Gasteiger partial charge in [0.1, 0.15) is 11.6 Å². The van der Waals surface area contributed by atoms with Crippen LogP contribution < -0.4 is 4.74 Å². The molecule has 3 aromatic carbocycles. The van der Waals surface area contributed by atoms with Crippen molar-refractivity contribution >= 4 is 27.8 Å². The van der Waals surface area contributed by atoms with E-state index in [0.717, 1.165) is 22.0 Å². The number of carboxylic acid groups (broad SMARTS) is 1. The highest BCUT2D eigenvalue weighted by Crippen LogP contribution is 2.39. The summed E-state index contributed by atoms with van der Waals surface area (Å²) < 4.78 is 22.3. The van der Waals surface area contributed by atoms with Crippen molar-refractivity contribution in [1.82, 2.24) is 4.57 Å². The van der Waals surface area contributed by atoms with Crippen molar-refractivity contribution in [1.29, 1.82) is 0 Å². The molecule has 0 unspecified atom stereocenters. The summed E-state index contributed by atoms with van der Waals surface area (Å²) in [7, 11) is 0. The first kappa shape index (κ1) is 17.1. The second-order valence-corrected chi connectivity index (χ2v) is 6.49. The van der Waals surface area contributed by atoms with Crippen molar-refractivity contribution in [3.8, 4) is 5.75 Å². The van der Waals surface area contributed by atoms with Crippen molar-refractivity contribution in [3.05, 3.63) is 77.6 Å². The van der Waals surface area contributed by atoms with Gasteiger partial charge in [-0.3, -0.25) is 0 Å². The molecule has 0 aliphatic rings. The maximum absolute atomic E-state index is 14.9. The number of nitrogens with zero attached hydrogens (tertiary/aromatic N) is 1. The molecule has 0 atom stereocenters. The molecule has 5 heteroatoms. The van der Waals surface area contributed by atoms with Gasteiger partial charge in [-0.25, -0.2) is 9.18 Å². The summed E-state index contributed by atoms with van der Waals surface area (Å²) in [6, 6.07) is 18.5. The third-order valence-corrected chi connectivity index (χ3v) is 4.69. The molecule has 0 spiro atoms. The molecule has 1 N–H and O–H groups in total. The largest absolute Gasteiger partial charge is 0.481 e. The van der Waals surface area contributed by atoms with Crippen molar-refractivity contribution in [2.45, 2.75) is 13.5 Å². The van der Waals surface area contributed by atoms with Crippen LogP contribution in [-0.4, -0.2) is 22.2 Å². The zero-order chi connectivity index (χ0) is 19.0. The number of aliphatic carboxylic acids is 1. The van der Waals surface area contributed by atoms with Gasteiger partial charge < -0.3 is 14.4 Å². The van der Waals surface area contributed by atoms with Gasteiger partial charge in [-0.1, -0.05) is 42.5 Å². The van der Waals surface area contributed by atoms with Crippen LogP contribution >= 0.6 is 0 Å². The predicted molar refractivity (Wildman–Crippen MR) is 103 cm³/mol. The van der Waals surface area contributed by atoms with Gasteiger partial charge in [-0.2, -0.15) is 0 Å². The lowest BCUT2D eigenvalue weighted by molar-refractivity contribution is -0.139. The van der Waals surface area contributed by atoms with E-state index in [2.05, 4.69) is 0 Å². The number of hydrogen-bond acceptors (Lipinski definition) is 2. The zero-order valence-corrected chi connectivity index (χ0v) is 14.8. The summed E-state index contributed by atoms with van der Waals surface area (Å²) >= 11 is 0. The number of hydrogen-bond donors (Lipinski definition) is 1. The molecule has 1 aromatic heterocycles. The van der Waals surface area contributed by atoms with Gasteiger partial charge in [0.25, 0.3) is 0 Å². The van der Waals surface area contributed by atoms with Crippen molar-refractivity contribution in [3.63, 3.8) is 0 Å². The van der Waals surface area contributed by atoms with E-state index in [1.807, 2.05) is 60.0 Å². The number of benzene rings is 3. The average molecular weight is 363 g/mol. The number of ether oxygens (including phenoxy) is 1. The lowest BCUT2D eigenvalue weighted by Crippen LogP contribution is -2.09. The Morgan fingerprint density at radius 2 is 1.81 bits per heavy atom. The van der Waals surface area contributed by atoms with Crippen LogP contribution in [0.4, 0.5) is 4.39 Å². The first-order valence-corrected chi connectivity index (χ1v) is 8.65. The highest BCUT2D eigenvalue weighted by Gasteiger charge is 2.20. The molecule has 0 aliphatic carbocycles. The molecule has 0 radical (unpaired) electrons. The zero-order valence-electron chi connectivity index (χ0n) is 14.8. The number of aromatic nitrogens is 1. The standard InChI is InChI=1S/C22H18FNO3/c1-14-6-5-9-17-20(14)21-18(27-13-19(25)26)11-10-16(23)22(21)24(17)12-15-7-3-2-4-8-15/h2-11H,12-13H2,1H3,(H,25,26). The highest BCUT2D eigenvalue weighted by atomic mass is 19.1. The van der Waals surface area contributed by atoms with Crippen LogP contribution in [0, 0.1) is 12.7 Å². The number of rotatable bonds is 5. The molecule has 0 bridgehead atoms. The van der Waals surface area contributed by atoms with Crippen molar-refractivity contribution < 1.29 is 19.0 Å². The molecular weight excluding hydrogens is 345 g/mol. The van der Waals surface area contributed by atoms with Gasteiger partial charge >= 0.3 is 5.97 Å². The van der Waals surface area contributed by atoms with Gasteiger partial charge in [-0.15, -0.1) is 0 Å². The molecule has 1 heterocycles. The summed E-state index contributed by atoms with van der Waals surface area (Å²) in [6.45, 7) is 1.99. The van der Waals surface area contributed by atoms with E-state index in [9.17, 15) is 9.18 Å². The lowest BCUT2D eigenvalue weighted by atomic mass is 10.1. The fourth-order valence-electron chi connectivity index (χ4n) is 3.57. The molecule has 0 saturated heterocycles. The number of carboxylic acids is 1. The monoisotopic (exact) mass is 363 g/mol. The molecular formula is C22H18FNO3. The predicted octanol–water partition coefficient (Wildman–Crippen LogP) is 4.75. The van der Waals surface area contributed by atoms with Crippen LogP contribution in [0.2, 0.25) is 0 Å². The maximum Gasteiger partial charge on any atom is 0.341 e. The Labute approximate surface area is 155 Å². The Hall–Kier alpha value is -3.34. The average Bonchev–Trinajstić information content (AvgIpc) is 2.99. The number of carbonyl (C=O) groups is 1. The van der Waals surface area contributed by atoms with Crippen molar-refractivity contribution in [2.24, 2.45) is 0 Å². The summed E-state index contributed by atoms with van der Waals surface area (Å²) in [5, 5.41) is 10.5. The minimum absolute atomic E-state index is 0.362. The van der Waals surface area contributed by atoms with E-state index >= 15 is 0 Å². The first-order valence-electron chi connectivity index (χ1n) is 8.65. The van der Waals surface area contributed by atoms with Gasteiger partial charge in [0.05, 0.1) is 10.9 Å². The molecule has 0 aliphatic heterocycles. The number of fused-ring (bicyclic) bond motifs is 3. The van der Waals surface area contributed by atoms with E-state index in [-0.39, 0.29) is 5.82 Å².